The number of carbonyl (C=O) groups is 1. The summed E-state index contributed by atoms with van der Waals surface area (Å²) in [5.41, 5.74) is 0. The number of rotatable bonds is 10. The highest BCUT2D eigenvalue weighted by Crippen LogP contribution is 2.03. The monoisotopic (exact) mass is 284 g/mol. The highest BCUT2D eigenvalue weighted by molar-refractivity contribution is 7.99. The van der Waals surface area contributed by atoms with E-state index in [0.29, 0.717) is 19.7 Å². The van der Waals surface area contributed by atoms with Gasteiger partial charge in [0.05, 0.1) is 13.2 Å². The van der Waals surface area contributed by atoms with Crippen molar-refractivity contribution in [1.82, 2.24) is 10.6 Å². The van der Waals surface area contributed by atoms with Gasteiger partial charge >= 0.3 is 0 Å². The Balaban J connectivity index is 0. The van der Waals surface area contributed by atoms with Gasteiger partial charge < -0.3 is 15.4 Å². The predicted molar refractivity (Wildman–Crippen MR) is 77.2 cm³/mol. The lowest BCUT2D eigenvalue weighted by molar-refractivity contribution is -0.120. The smallest absolute Gasteiger partial charge is 0.234 e. The fourth-order valence-electron chi connectivity index (χ4n) is 1.18. The average Bonchev–Trinajstić information content (AvgIpc) is 2.25. The van der Waals surface area contributed by atoms with Crippen molar-refractivity contribution in [1.29, 1.82) is 0 Å². The van der Waals surface area contributed by atoms with Crippen LogP contribution >= 0.6 is 24.2 Å². The van der Waals surface area contributed by atoms with Gasteiger partial charge in [-0.2, -0.15) is 11.8 Å². The summed E-state index contributed by atoms with van der Waals surface area (Å²) in [6.45, 7) is 5.91. The summed E-state index contributed by atoms with van der Waals surface area (Å²) < 4.78 is 4.87. The minimum absolute atomic E-state index is 0. The molecule has 2 N–H and O–H groups in total. The number of amides is 1. The van der Waals surface area contributed by atoms with E-state index in [-0.39, 0.29) is 24.4 Å². The van der Waals surface area contributed by atoms with Gasteiger partial charge in [0, 0.05) is 19.7 Å². The molecule has 1 amide bonds. The quantitative estimate of drug-likeness (QED) is 0.594. The van der Waals surface area contributed by atoms with E-state index in [1.807, 2.05) is 18.7 Å². The van der Waals surface area contributed by atoms with Gasteiger partial charge in [0.25, 0.3) is 0 Å². The van der Waals surface area contributed by atoms with Crippen molar-refractivity contribution in [3.63, 3.8) is 0 Å². The van der Waals surface area contributed by atoms with Crippen LogP contribution in [-0.2, 0) is 9.53 Å². The molecule has 1 atom stereocenters. The molecule has 0 fully saturated rings. The molecule has 6 heteroatoms. The summed E-state index contributed by atoms with van der Waals surface area (Å²) in [6, 6.07) is 0.260. The van der Waals surface area contributed by atoms with Crippen molar-refractivity contribution < 1.29 is 9.53 Å². The molecule has 0 radical (unpaired) electrons. The standard InChI is InChI=1S/C11H24N2O2S.ClH/c1-4-16-8-5-10(2)13-11(14)9-12-6-7-15-3;/h10,12H,4-9H2,1-3H3,(H,13,14);1H. The zero-order chi connectivity index (χ0) is 12.2. The first-order valence-electron chi connectivity index (χ1n) is 5.77. The first kappa shape index (κ1) is 19.4. The van der Waals surface area contributed by atoms with Gasteiger partial charge in [-0.3, -0.25) is 4.79 Å². The summed E-state index contributed by atoms with van der Waals surface area (Å²) in [6.07, 6.45) is 1.03. The van der Waals surface area contributed by atoms with Crippen molar-refractivity contribution in [3.8, 4) is 0 Å². The van der Waals surface area contributed by atoms with Crippen molar-refractivity contribution in [3.05, 3.63) is 0 Å². The van der Waals surface area contributed by atoms with Crippen LogP contribution < -0.4 is 10.6 Å². The van der Waals surface area contributed by atoms with Crippen molar-refractivity contribution in [2.24, 2.45) is 0 Å². The highest BCUT2D eigenvalue weighted by atomic mass is 35.5. The van der Waals surface area contributed by atoms with Gasteiger partial charge in [0.1, 0.15) is 0 Å². The van der Waals surface area contributed by atoms with E-state index in [0.717, 1.165) is 17.9 Å². The molecule has 0 saturated heterocycles. The highest BCUT2D eigenvalue weighted by Gasteiger charge is 2.06. The molecule has 0 heterocycles. The summed E-state index contributed by atoms with van der Waals surface area (Å²) >= 11 is 1.90. The summed E-state index contributed by atoms with van der Waals surface area (Å²) in [7, 11) is 1.65. The fourth-order valence-corrected chi connectivity index (χ4v) is 1.99. The molecule has 0 aliphatic rings. The Bertz CT molecular complexity index is 185. The lowest BCUT2D eigenvalue weighted by Gasteiger charge is -2.13. The second-order valence-electron chi connectivity index (χ2n) is 3.62. The van der Waals surface area contributed by atoms with Gasteiger partial charge in [0.15, 0.2) is 0 Å². The zero-order valence-electron chi connectivity index (χ0n) is 11.0. The number of hydrogen-bond donors (Lipinski definition) is 2. The van der Waals surface area contributed by atoms with Gasteiger partial charge in [-0.15, -0.1) is 12.4 Å². The van der Waals surface area contributed by atoms with E-state index >= 15 is 0 Å². The molecule has 0 aromatic heterocycles. The molecular weight excluding hydrogens is 260 g/mol. The Kier molecular flexibility index (Phi) is 16.1. The van der Waals surface area contributed by atoms with E-state index in [9.17, 15) is 4.79 Å². The van der Waals surface area contributed by atoms with Gasteiger partial charge in [-0.25, -0.2) is 0 Å². The summed E-state index contributed by atoms with van der Waals surface area (Å²) in [5.74, 6) is 2.30. The van der Waals surface area contributed by atoms with Crippen molar-refractivity contribution in [2.75, 3.05) is 38.3 Å². The van der Waals surface area contributed by atoms with Gasteiger partial charge in [-0.1, -0.05) is 6.92 Å². The van der Waals surface area contributed by atoms with Crippen LogP contribution in [0.15, 0.2) is 0 Å². The van der Waals surface area contributed by atoms with Gasteiger partial charge in [-0.05, 0) is 24.9 Å². The van der Waals surface area contributed by atoms with Gasteiger partial charge in [0.2, 0.25) is 5.91 Å². The number of thioether (sulfide) groups is 1. The van der Waals surface area contributed by atoms with Crippen LogP contribution in [-0.4, -0.2) is 50.3 Å². The van der Waals surface area contributed by atoms with E-state index < -0.39 is 0 Å². The topological polar surface area (TPSA) is 50.4 Å². The van der Waals surface area contributed by atoms with Crippen LogP contribution in [0.3, 0.4) is 0 Å². The molecule has 0 aromatic rings. The molecule has 0 saturated carbocycles. The number of nitrogens with one attached hydrogen (secondary N) is 2. The Morgan fingerprint density at radius 1 is 1.47 bits per heavy atom. The Morgan fingerprint density at radius 2 is 2.18 bits per heavy atom. The molecule has 0 spiro atoms. The third-order valence-electron chi connectivity index (χ3n) is 2.08. The number of methoxy groups -OCH3 is 1. The van der Waals surface area contributed by atoms with Crippen LogP contribution in [0.2, 0.25) is 0 Å². The Labute approximate surface area is 115 Å². The molecule has 104 valence electrons. The van der Waals surface area contributed by atoms with Crippen LogP contribution in [0.4, 0.5) is 0 Å². The molecule has 0 aromatic carbocycles. The van der Waals surface area contributed by atoms with E-state index in [2.05, 4.69) is 17.6 Å². The first-order chi connectivity index (χ1) is 7.70. The van der Waals surface area contributed by atoms with Crippen LogP contribution in [0, 0.1) is 0 Å². The van der Waals surface area contributed by atoms with Crippen molar-refractivity contribution in [2.45, 2.75) is 26.3 Å². The van der Waals surface area contributed by atoms with E-state index in [4.69, 9.17) is 4.74 Å². The minimum atomic E-state index is 0. The largest absolute Gasteiger partial charge is 0.383 e. The van der Waals surface area contributed by atoms with Crippen LogP contribution in [0.5, 0.6) is 0 Å². The van der Waals surface area contributed by atoms with Crippen molar-refractivity contribution >= 4 is 30.1 Å². The minimum Gasteiger partial charge on any atom is -0.383 e. The molecule has 0 bridgehead atoms. The Hall–Kier alpha value is 0.0300. The maximum atomic E-state index is 11.4. The second-order valence-corrected chi connectivity index (χ2v) is 5.02. The molecule has 4 nitrogen and oxygen atoms in total. The fraction of sp³-hybridized carbons (Fsp3) is 0.909. The molecule has 17 heavy (non-hydrogen) atoms. The normalized spacial score (nSPS) is 11.7. The number of carbonyl (C=O) groups excluding carboxylic acids is 1. The summed E-state index contributed by atoms with van der Waals surface area (Å²) in [5, 5.41) is 5.98. The Morgan fingerprint density at radius 3 is 2.76 bits per heavy atom. The molecule has 0 aliphatic heterocycles. The van der Waals surface area contributed by atoms with E-state index in [1.165, 1.54) is 0 Å². The maximum Gasteiger partial charge on any atom is 0.234 e. The van der Waals surface area contributed by atoms with Crippen LogP contribution in [0.1, 0.15) is 20.3 Å². The third-order valence-corrected chi connectivity index (χ3v) is 3.01. The third kappa shape index (κ3) is 14.0. The molecule has 0 aliphatic carbocycles. The number of hydrogen-bond acceptors (Lipinski definition) is 4. The summed E-state index contributed by atoms with van der Waals surface area (Å²) in [4.78, 5) is 11.4. The SMILES string of the molecule is CCSCCC(C)NC(=O)CNCCOC.Cl. The average molecular weight is 285 g/mol. The molecule has 0 rings (SSSR count). The van der Waals surface area contributed by atoms with Crippen LogP contribution in [0.25, 0.3) is 0 Å². The predicted octanol–water partition coefficient (Wildman–Crippen LogP) is 1.29. The second kappa shape index (κ2) is 14.1. The lowest BCUT2D eigenvalue weighted by atomic mass is 10.2. The molecular formula is C11H25ClN2O2S. The van der Waals surface area contributed by atoms with E-state index in [1.54, 1.807) is 7.11 Å². The molecule has 1 unspecified atom stereocenters. The lowest BCUT2D eigenvalue weighted by Crippen LogP contribution is -2.40. The first-order valence-corrected chi connectivity index (χ1v) is 6.93. The zero-order valence-corrected chi connectivity index (χ0v) is 12.6. The number of ether oxygens (including phenoxy) is 1. The number of halogens is 1. The maximum absolute atomic E-state index is 11.4.